The van der Waals surface area contributed by atoms with Gasteiger partial charge in [0.05, 0.1) is 10.1 Å². The van der Waals surface area contributed by atoms with E-state index >= 15 is 0 Å². The molecule has 128 valence electrons. The summed E-state index contributed by atoms with van der Waals surface area (Å²) < 4.78 is 0. The number of thiophene rings is 1. The Kier molecular flexibility index (Phi) is 6.09. The first-order valence-electron chi connectivity index (χ1n) is 8.31. The molecule has 0 bridgehead atoms. The van der Waals surface area contributed by atoms with Crippen molar-refractivity contribution in [1.82, 2.24) is 20.5 Å². The number of rotatable bonds is 7. The lowest BCUT2D eigenvalue weighted by Crippen LogP contribution is -2.32. The van der Waals surface area contributed by atoms with E-state index in [4.69, 9.17) is 0 Å². The summed E-state index contributed by atoms with van der Waals surface area (Å²) in [7, 11) is 0. The molecule has 0 saturated carbocycles. The third-order valence-corrected chi connectivity index (χ3v) is 5.84. The SMILES string of the molecule is C[C@@H](Sc1n[nH]c(-c2cccs2)n1)C(=O)NCCC1=CCCCC1. The van der Waals surface area contributed by atoms with Crippen LogP contribution in [-0.2, 0) is 4.79 Å². The van der Waals surface area contributed by atoms with Crippen LogP contribution >= 0.6 is 23.1 Å². The lowest BCUT2D eigenvalue weighted by atomic mass is 9.97. The number of hydrogen-bond acceptors (Lipinski definition) is 5. The average Bonchev–Trinajstić information content (AvgIpc) is 3.27. The Balaban J connectivity index is 1.45. The van der Waals surface area contributed by atoms with E-state index in [0.717, 1.165) is 17.1 Å². The summed E-state index contributed by atoms with van der Waals surface area (Å²) in [5.74, 6) is 0.795. The van der Waals surface area contributed by atoms with Crippen LogP contribution in [0.3, 0.4) is 0 Å². The Morgan fingerprint density at radius 1 is 1.50 bits per heavy atom. The molecule has 0 unspecified atom stereocenters. The monoisotopic (exact) mass is 362 g/mol. The van der Waals surface area contributed by atoms with E-state index in [1.54, 1.807) is 11.3 Å². The standard InChI is InChI=1S/C17H22N4OS2/c1-12(16(22)18-10-9-13-6-3-2-4-7-13)24-17-19-15(20-21-17)14-8-5-11-23-14/h5-6,8,11-12H,2-4,7,9-10H2,1H3,(H,18,22)(H,19,20,21)/t12-/m1/s1. The van der Waals surface area contributed by atoms with Crippen molar-refractivity contribution in [2.75, 3.05) is 6.54 Å². The molecule has 1 aliphatic carbocycles. The molecule has 1 amide bonds. The Morgan fingerprint density at radius 3 is 3.17 bits per heavy atom. The fraction of sp³-hybridized carbons (Fsp3) is 0.471. The summed E-state index contributed by atoms with van der Waals surface area (Å²) >= 11 is 2.99. The number of amides is 1. The molecule has 2 aromatic rings. The van der Waals surface area contributed by atoms with Gasteiger partial charge < -0.3 is 5.32 Å². The number of allylic oxidation sites excluding steroid dienone is 1. The average molecular weight is 363 g/mol. The van der Waals surface area contributed by atoms with Gasteiger partial charge in [-0.1, -0.05) is 29.5 Å². The maximum absolute atomic E-state index is 12.2. The van der Waals surface area contributed by atoms with E-state index in [0.29, 0.717) is 11.7 Å². The van der Waals surface area contributed by atoms with Gasteiger partial charge in [0.1, 0.15) is 0 Å². The quantitative estimate of drug-likeness (QED) is 0.576. The second-order valence-corrected chi connectivity index (χ2v) is 8.11. The smallest absolute Gasteiger partial charge is 0.233 e. The van der Waals surface area contributed by atoms with Gasteiger partial charge in [-0.3, -0.25) is 9.89 Å². The van der Waals surface area contributed by atoms with E-state index in [1.165, 1.54) is 43.0 Å². The Labute approximate surface area is 150 Å². The van der Waals surface area contributed by atoms with E-state index < -0.39 is 0 Å². The van der Waals surface area contributed by atoms with Gasteiger partial charge in [0, 0.05) is 6.54 Å². The summed E-state index contributed by atoms with van der Waals surface area (Å²) in [5, 5.41) is 12.5. The highest BCUT2D eigenvalue weighted by Crippen LogP contribution is 2.25. The van der Waals surface area contributed by atoms with Crippen molar-refractivity contribution in [3.8, 4) is 10.7 Å². The highest BCUT2D eigenvalue weighted by Gasteiger charge is 2.17. The minimum absolute atomic E-state index is 0.0406. The normalized spacial score (nSPS) is 15.8. The van der Waals surface area contributed by atoms with Crippen LogP contribution in [0, 0.1) is 0 Å². The highest BCUT2D eigenvalue weighted by molar-refractivity contribution is 8.00. The Morgan fingerprint density at radius 2 is 2.42 bits per heavy atom. The lowest BCUT2D eigenvalue weighted by Gasteiger charge is -2.14. The molecule has 1 aliphatic rings. The van der Waals surface area contributed by atoms with Crippen molar-refractivity contribution in [2.45, 2.75) is 49.4 Å². The van der Waals surface area contributed by atoms with E-state index in [9.17, 15) is 4.79 Å². The van der Waals surface area contributed by atoms with Crippen molar-refractivity contribution in [1.29, 1.82) is 0 Å². The topological polar surface area (TPSA) is 70.7 Å². The minimum atomic E-state index is -0.211. The first kappa shape index (κ1) is 17.2. The van der Waals surface area contributed by atoms with Crippen LogP contribution in [0.5, 0.6) is 0 Å². The summed E-state index contributed by atoms with van der Waals surface area (Å²) in [5.41, 5.74) is 1.48. The molecule has 24 heavy (non-hydrogen) atoms. The summed E-state index contributed by atoms with van der Waals surface area (Å²) in [4.78, 5) is 17.7. The van der Waals surface area contributed by atoms with Gasteiger partial charge in [-0.15, -0.1) is 16.4 Å². The van der Waals surface area contributed by atoms with Crippen LogP contribution in [0.15, 0.2) is 34.3 Å². The van der Waals surface area contributed by atoms with Crippen LogP contribution in [0.1, 0.15) is 39.0 Å². The molecule has 0 saturated heterocycles. The van der Waals surface area contributed by atoms with Crippen molar-refractivity contribution < 1.29 is 4.79 Å². The van der Waals surface area contributed by atoms with Gasteiger partial charge in [-0.05, 0) is 50.5 Å². The van der Waals surface area contributed by atoms with E-state index in [1.807, 2.05) is 24.4 Å². The maximum atomic E-state index is 12.2. The third kappa shape index (κ3) is 4.70. The molecule has 2 heterocycles. The first-order chi connectivity index (χ1) is 11.7. The molecule has 2 N–H and O–H groups in total. The number of carbonyl (C=O) groups excluding carboxylic acids is 1. The lowest BCUT2D eigenvalue weighted by molar-refractivity contribution is -0.120. The Hall–Kier alpha value is -1.60. The van der Waals surface area contributed by atoms with Crippen molar-refractivity contribution in [3.63, 3.8) is 0 Å². The molecule has 1 atom stereocenters. The second-order valence-electron chi connectivity index (χ2n) is 5.85. The van der Waals surface area contributed by atoms with Gasteiger partial charge in [-0.2, -0.15) is 0 Å². The number of nitrogens with one attached hydrogen (secondary N) is 2. The molecule has 0 radical (unpaired) electrons. The number of aromatic amines is 1. The van der Waals surface area contributed by atoms with Crippen LogP contribution in [-0.4, -0.2) is 32.9 Å². The second kappa shape index (κ2) is 8.48. The first-order valence-corrected chi connectivity index (χ1v) is 10.1. The number of H-pyrrole nitrogens is 1. The zero-order chi connectivity index (χ0) is 16.8. The van der Waals surface area contributed by atoms with Crippen LogP contribution in [0.25, 0.3) is 10.7 Å². The van der Waals surface area contributed by atoms with Gasteiger partial charge in [-0.25, -0.2) is 4.98 Å². The Bertz CT molecular complexity index is 693. The van der Waals surface area contributed by atoms with E-state index in [2.05, 4.69) is 26.6 Å². The predicted molar refractivity (Wildman–Crippen MR) is 99.2 cm³/mol. The molecule has 2 aromatic heterocycles. The number of carbonyl (C=O) groups is 1. The molecule has 7 heteroatoms. The number of hydrogen-bond donors (Lipinski definition) is 2. The zero-order valence-electron chi connectivity index (χ0n) is 13.7. The molecule has 3 rings (SSSR count). The summed E-state index contributed by atoms with van der Waals surface area (Å²) in [6, 6.07) is 3.98. The number of nitrogens with zero attached hydrogens (tertiary/aromatic N) is 2. The largest absolute Gasteiger partial charge is 0.355 e. The van der Waals surface area contributed by atoms with Crippen LogP contribution in [0.4, 0.5) is 0 Å². The predicted octanol–water partition coefficient (Wildman–Crippen LogP) is 4.02. The molecule has 0 spiro atoms. The number of aromatic nitrogens is 3. The van der Waals surface area contributed by atoms with Crippen molar-refractivity contribution >= 4 is 29.0 Å². The number of thioether (sulfide) groups is 1. The van der Waals surface area contributed by atoms with E-state index in [-0.39, 0.29) is 11.2 Å². The minimum Gasteiger partial charge on any atom is -0.355 e. The van der Waals surface area contributed by atoms with Gasteiger partial charge in [0.2, 0.25) is 11.1 Å². The molecule has 0 aliphatic heterocycles. The highest BCUT2D eigenvalue weighted by atomic mass is 32.2. The van der Waals surface area contributed by atoms with Crippen molar-refractivity contribution in [2.24, 2.45) is 0 Å². The molecule has 5 nitrogen and oxygen atoms in total. The zero-order valence-corrected chi connectivity index (χ0v) is 15.4. The fourth-order valence-electron chi connectivity index (χ4n) is 2.66. The molecular weight excluding hydrogens is 340 g/mol. The maximum Gasteiger partial charge on any atom is 0.233 e. The molecule has 0 fully saturated rings. The molecular formula is C17H22N4OS2. The van der Waals surface area contributed by atoms with Crippen molar-refractivity contribution in [3.05, 3.63) is 29.2 Å². The van der Waals surface area contributed by atoms with Gasteiger partial charge >= 0.3 is 0 Å². The van der Waals surface area contributed by atoms with Crippen LogP contribution < -0.4 is 5.32 Å². The van der Waals surface area contributed by atoms with Crippen LogP contribution in [0.2, 0.25) is 0 Å². The van der Waals surface area contributed by atoms with Gasteiger partial charge in [0.15, 0.2) is 5.82 Å². The van der Waals surface area contributed by atoms with Gasteiger partial charge in [0.25, 0.3) is 0 Å². The third-order valence-electron chi connectivity index (χ3n) is 4.00. The summed E-state index contributed by atoms with van der Waals surface area (Å²) in [6.45, 7) is 2.60. The summed E-state index contributed by atoms with van der Waals surface area (Å²) in [6.07, 6.45) is 8.24. The fourth-order valence-corrected chi connectivity index (χ4v) is 4.07. The molecule has 0 aromatic carbocycles.